The maximum Gasteiger partial charge on any atom is 0.416 e. The van der Waals surface area contributed by atoms with Crippen molar-refractivity contribution in [2.75, 3.05) is 4.31 Å². The Morgan fingerprint density at radius 3 is 2.07 bits per heavy atom. The highest BCUT2D eigenvalue weighted by Gasteiger charge is 2.33. The van der Waals surface area contributed by atoms with Crippen LogP contribution in [0, 0.1) is 0 Å². The van der Waals surface area contributed by atoms with E-state index in [2.05, 4.69) is 14.7 Å². The molecule has 0 fully saturated rings. The number of rotatable bonds is 7. The van der Waals surface area contributed by atoms with E-state index in [-0.39, 0.29) is 29.0 Å². The SMILES string of the molecule is O=S(=O)(N[C@@H](Cc1ccc(N2C=C(O)NS2(=O)=O)cc1)c1nc2ccc(C(F)(F)F)cc2[nH]1)c1ccc(C(F)(F)F)cc1. The van der Waals surface area contributed by atoms with Crippen LogP contribution in [0.15, 0.2) is 83.7 Å². The number of fused-ring (bicyclic) bond motifs is 1. The summed E-state index contributed by atoms with van der Waals surface area (Å²) in [7, 11) is -8.57. The van der Waals surface area contributed by atoms with E-state index < -0.39 is 60.5 Å². The number of H-pyrrole nitrogens is 1. The molecule has 4 N–H and O–H groups in total. The molecule has 0 aliphatic carbocycles. The number of aromatic nitrogens is 2. The molecule has 1 aromatic heterocycles. The minimum atomic E-state index is -4.70. The second-order valence-corrected chi connectivity index (χ2v) is 12.6. The first-order valence-corrected chi connectivity index (χ1v) is 14.9. The van der Waals surface area contributed by atoms with Crippen LogP contribution in [-0.4, -0.2) is 31.9 Å². The number of hydrogen-bond donors (Lipinski definition) is 4. The number of sulfonamides is 1. The van der Waals surface area contributed by atoms with Gasteiger partial charge in [0.1, 0.15) is 5.82 Å². The Hall–Kier alpha value is -4.29. The number of nitrogens with one attached hydrogen (secondary N) is 3. The van der Waals surface area contributed by atoms with Gasteiger partial charge < -0.3 is 10.1 Å². The van der Waals surface area contributed by atoms with Crippen molar-refractivity contribution in [1.82, 2.24) is 19.4 Å². The van der Waals surface area contributed by atoms with E-state index in [0.29, 0.717) is 17.7 Å². The summed E-state index contributed by atoms with van der Waals surface area (Å²) in [6.07, 6.45) is -8.60. The van der Waals surface area contributed by atoms with Crippen LogP contribution in [0.25, 0.3) is 11.0 Å². The second kappa shape index (κ2) is 10.5. The van der Waals surface area contributed by atoms with Crippen molar-refractivity contribution in [2.45, 2.75) is 29.7 Å². The van der Waals surface area contributed by atoms with Gasteiger partial charge >= 0.3 is 22.6 Å². The van der Waals surface area contributed by atoms with Crippen molar-refractivity contribution in [3.05, 3.63) is 101 Å². The molecule has 1 aliphatic rings. The summed E-state index contributed by atoms with van der Waals surface area (Å²) in [5.74, 6) is -0.701. The van der Waals surface area contributed by atoms with Gasteiger partial charge in [0.2, 0.25) is 15.9 Å². The van der Waals surface area contributed by atoms with Gasteiger partial charge in [-0.1, -0.05) is 12.1 Å². The monoisotopic (exact) mass is 647 g/mol. The lowest BCUT2D eigenvalue weighted by Crippen LogP contribution is -2.31. The first kappa shape index (κ1) is 30.2. The van der Waals surface area contributed by atoms with Gasteiger partial charge in [-0.05, 0) is 66.6 Å². The van der Waals surface area contributed by atoms with E-state index in [4.69, 9.17) is 0 Å². The highest BCUT2D eigenvalue weighted by molar-refractivity contribution is 7.91. The van der Waals surface area contributed by atoms with Gasteiger partial charge in [0, 0.05) is 0 Å². The molecule has 4 aromatic rings. The quantitative estimate of drug-likeness (QED) is 0.211. The third-order valence-corrected chi connectivity index (χ3v) is 9.10. The summed E-state index contributed by atoms with van der Waals surface area (Å²) >= 11 is 0. The van der Waals surface area contributed by atoms with Crippen molar-refractivity contribution in [3.63, 3.8) is 0 Å². The Morgan fingerprint density at radius 2 is 1.51 bits per heavy atom. The number of halogens is 6. The number of benzene rings is 3. The number of imidazole rings is 1. The van der Waals surface area contributed by atoms with Crippen LogP contribution in [0.2, 0.25) is 0 Å². The Balaban J connectivity index is 1.49. The minimum absolute atomic E-state index is 0.0442. The molecule has 0 radical (unpaired) electrons. The predicted molar refractivity (Wildman–Crippen MR) is 141 cm³/mol. The van der Waals surface area contributed by atoms with Gasteiger partial charge in [0.15, 0.2) is 0 Å². The molecule has 43 heavy (non-hydrogen) atoms. The molecule has 0 spiro atoms. The van der Waals surface area contributed by atoms with Crippen LogP contribution in [0.5, 0.6) is 0 Å². The molecule has 1 aliphatic heterocycles. The topological polar surface area (TPSA) is 144 Å². The molecule has 0 saturated heterocycles. The van der Waals surface area contributed by atoms with Crippen molar-refractivity contribution >= 4 is 37.0 Å². The smallest absolute Gasteiger partial charge is 0.416 e. The standard InChI is InChI=1S/C25H19F6N5O5S2/c26-24(27,28)15-3-8-18(9-4-15)42(38,39)34-21(23-32-19-10-5-16(25(29,30)31)12-20(19)33-23)11-14-1-6-17(7-2-14)36-13-22(37)35-43(36,40)41/h1-10,12-13,21,34-35,37H,11H2,(H,32,33)/t21-/m0/s1. The van der Waals surface area contributed by atoms with E-state index in [0.717, 1.165) is 40.8 Å². The Bertz CT molecular complexity index is 1920. The molecule has 2 heterocycles. The van der Waals surface area contributed by atoms with Crippen LogP contribution >= 0.6 is 0 Å². The number of alkyl halides is 6. The van der Waals surface area contributed by atoms with E-state index in [1.165, 1.54) is 24.3 Å². The normalized spacial score (nSPS) is 16.2. The zero-order valence-corrected chi connectivity index (χ0v) is 22.9. The lowest BCUT2D eigenvalue weighted by molar-refractivity contribution is -0.138. The van der Waals surface area contributed by atoms with E-state index in [1.54, 1.807) is 0 Å². The van der Waals surface area contributed by atoms with Gasteiger partial charge in [-0.15, -0.1) is 0 Å². The summed E-state index contributed by atoms with van der Waals surface area (Å²) in [4.78, 5) is 6.41. The fourth-order valence-corrected chi connectivity index (χ4v) is 6.51. The fraction of sp³-hybridized carbons (Fsp3) is 0.160. The van der Waals surface area contributed by atoms with Gasteiger partial charge in [-0.2, -0.15) is 34.8 Å². The van der Waals surface area contributed by atoms with Crippen LogP contribution in [-0.2, 0) is 39.0 Å². The van der Waals surface area contributed by atoms with Gasteiger partial charge in [-0.3, -0.25) is 0 Å². The minimum Gasteiger partial charge on any atom is -0.493 e. The van der Waals surface area contributed by atoms with Crippen LogP contribution in [0.3, 0.4) is 0 Å². The molecule has 5 rings (SSSR count). The summed E-state index contributed by atoms with van der Waals surface area (Å²) in [6, 6.07) is 9.76. The van der Waals surface area contributed by atoms with Crippen LogP contribution in [0.1, 0.15) is 28.6 Å². The summed E-state index contributed by atoms with van der Waals surface area (Å²) in [5.41, 5.74) is -1.46. The van der Waals surface area contributed by atoms with Crippen molar-refractivity contribution in [3.8, 4) is 0 Å². The molecule has 10 nitrogen and oxygen atoms in total. The molecule has 18 heteroatoms. The summed E-state index contributed by atoms with van der Waals surface area (Å²) < 4.78 is 134. The Labute approximate surface area is 239 Å². The first-order chi connectivity index (χ1) is 19.9. The molecule has 0 bridgehead atoms. The van der Waals surface area contributed by atoms with E-state index in [9.17, 15) is 48.3 Å². The van der Waals surface area contributed by atoms with Gasteiger partial charge in [0.25, 0.3) is 0 Å². The highest BCUT2D eigenvalue weighted by Crippen LogP contribution is 2.33. The third kappa shape index (κ3) is 6.40. The van der Waals surface area contributed by atoms with E-state index >= 15 is 0 Å². The Morgan fingerprint density at radius 1 is 0.907 bits per heavy atom. The summed E-state index contributed by atoms with van der Waals surface area (Å²) in [6.45, 7) is 0. The molecule has 0 saturated carbocycles. The molecular weight excluding hydrogens is 628 g/mol. The molecule has 1 atom stereocenters. The predicted octanol–water partition coefficient (Wildman–Crippen LogP) is 4.87. The van der Waals surface area contributed by atoms with Crippen LogP contribution < -0.4 is 13.7 Å². The number of aliphatic hydroxyl groups is 1. The van der Waals surface area contributed by atoms with Gasteiger partial charge in [0.05, 0.1) is 45.0 Å². The molecule has 0 unspecified atom stereocenters. The van der Waals surface area contributed by atoms with Gasteiger partial charge in [-0.25, -0.2) is 27.2 Å². The zero-order chi connectivity index (χ0) is 31.4. The van der Waals surface area contributed by atoms with Crippen molar-refractivity contribution < 1.29 is 48.3 Å². The van der Waals surface area contributed by atoms with Crippen LogP contribution in [0.4, 0.5) is 32.0 Å². The highest BCUT2D eigenvalue weighted by atomic mass is 32.2. The lowest BCUT2D eigenvalue weighted by atomic mass is 10.1. The number of anilines is 1. The lowest BCUT2D eigenvalue weighted by Gasteiger charge is -2.19. The fourth-order valence-electron chi connectivity index (χ4n) is 4.26. The molecule has 0 amide bonds. The zero-order valence-electron chi connectivity index (χ0n) is 21.3. The first-order valence-electron chi connectivity index (χ1n) is 12.0. The Kier molecular flexibility index (Phi) is 7.34. The molecule has 228 valence electrons. The number of aliphatic hydroxyl groups excluding tert-OH is 1. The third-order valence-electron chi connectivity index (χ3n) is 6.31. The number of hydrogen-bond acceptors (Lipinski definition) is 6. The maximum absolute atomic E-state index is 13.2. The van der Waals surface area contributed by atoms with Crippen molar-refractivity contribution in [2.24, 2.45) is 0 Å². The van der Waals surface area contributed by atoms with Crippen molar-refractivity contribution in [1.29, 1.82) is 0 Å². The number of nitrogens with zero attached hydrogens (tertiary/aromatic N) is 2. The molecule has 3 aromatic carbocycles. The number of aromatic amines is 1. The average Bonchev–Trinajstić information content (AvgIpc) is 3.46. The largest absolute Gasteiger partial charge is 0.493 e. The summed E-state index contributed by atoms with van der Waals surface area (Å²) in [5, 5.41) is 9.51. The van der Waals surface area contributed by atoms with E-state index in [1.807, 2.05) is 4.72 Å². The average molecular weight is 648 g/mol. The molecular formula is C25H19F6N5O5S2. The maximum atomic E-state index is 13.2. The second-order valence-electron chi connectivity index (χ2n) is 9.34.